The van der Waals surface area contributed by atoms with Crippen LogP contribution < -0.4 is 0 Å². The minimum absolute atomic E-state index is 0.00713. The second-order valence-corrected chi connectivity index (χ2v) is 4.04. The third kappa shape index (κ3) is 3.42. The Hall–Kier alpha value is -2.14. The van der Waals surface area contributed by atoms with E-state index in [0.717, 1.165) is 12.1 Å². The minimum Gasteiger partial charge on any atom is -0.261 e. The topological polar surface area (TPSA) is 36.7 Å². The number of nitriles is 1. The molecule has 1 atom stereocenters. The molecule has 0 amide bonds. The van der Waals surface area contributed by atoms with Gasteiger partial charge in [0.15, 0.2) is 0 Å². The fourth-order valence-corrected chi connectivity index (χ4v) is 1.83. The Labute approximate surface area is 102 Å². The molecule has 0 saturated heterocycles. The largest absolute Gasteiger partial charge is 0.261 e. The molecule has 0 aliphatic carbocycles. The van der Waals surface area contributed by atoms with Crippen LogP contribution in [0.5, 0.6) is 0 Å². The maximum absolute atomic E-state index is 9.17. The molecular formula is C15H14N2. The van der Waals surface area contributed by atoms with Crippen LogP contribution >= 0.6 is 0 Å². The van der Waals surface area contributed by atoms with E-state index in [4.69, 9.17) is 0 Å². The van der Waals surface area contributed by atoms with E-state index < -0.39 is 0 Å². The lowest BCUT2D eigenvalue weighted by molar-refractivity contribution is 0.647. The first-order valence-electron chi connectivity index (χ1n) is 5.72. The smallest absolute Gasteiger partial charge is 0.0663 e. The molecule has 0 fully saturated rings. The van der Waals surface area contributed by atoms with Crippen LogP contribution in [0.1, 0.15) is 11.3 Å². The highest BCUT2D eigenvalue weighted by Crippen LogP contribution is 2.12. The molecule has 0 N–H and O–H groups in total. The first kappa shape index (κ1) is 11.3. The van der Waals surface area contributed by atoms with Crippen LogP contribution in [0.4, 0.5) is 0 Å². The molecule has 0 radical (unpaired) electrons. The van der Waals surface area contributed by atoms with Gasteiger partial charge in [-0.1, -0.05) is 36.4 Å². The SMILES string of the molecule is N#CC(Cc1ccccc1)Cc1ccccn1. The predicted molar refractivity (Wildman–Crippen MR) is 67.2 cm³/mol. The van der Waals surface area contributed by atoms with Crippen LogP contribution in [0, 0.1) is 17.2 Å². The van der Waals surface area contributed by atoms with Crippen LogP contribution in [0.15, 0.2) is 54.7 Å². The van der Waals surface area contributed by atoms with Crippen molar-refractivity contribution in [3.05, 3.63) is 66.0 Å². The highest BCUT2D eigenvalue weighted by Gasteiger charge is 2.10. The maximum atomic E-state index is 9.17. The molecule has 1 heterocycles. The molecule has 17 heavy (non-hydrogen) atoms. The highest BCUT2D eigenvalue weighted by atomic mass is 14.7. The summed E-state index contributed by atoms with van der Waals surface area (Å²) in [5.41, 5.74) is 2.19. The Kier molecular flexibility index (Phi) is 3.88. The Morgan fingerprint density at radius 1 is 1.00 bits per heavy atom. The van der Waals surface area contributed by atoms with Crippen LogP contribution in [0.3, 0.4) is 0 Å². The van der Waals surface area contributed by atoms with Crippen molar-refractivity contribution in [1.29, 1.82) is 5.26 Å². The van der Waals surface area contributed by atoms with Gasteiger partial charge in [0.05, 0.1) is 12.0 Å². The zero-order valence-corrected chi connectivity index (χ0v) is 9.58. The first-order chi connectivity index (χ1) is 8.38. The monoisotopic (exact) mass is 222 g/mol. The third-order valence-corrected chi connectivity index (χ3v) is 2.69. The second kappa shape index (κ2) is 5.81. The summed E-state index contributed by atoms with van der Waals surface area (Å²) in [5, 5.41) is 9.17. The summed E-state index contributed by atoms with van der Waals surface area (Å²) >= 11 is 0. The summed E-state index contributed by atoms with van der Waals surface area (Å²) in [4.78, 5) is 4.26. The van der Waals surface area contributed by atoms with Gasteiger partial charge >= 0.3 is 0 Å². The summed E-state index contributed by atoms with van der Waals surface area (Å²) in [6, 6.07) is 18.3. The molecule has 84 valence electrons. The van der Waals surface area contributed by atoms with Crippen molar-refractivity contribution in [1.82, 2.24) is 4.98 Å². The van der Waals surface area contributed by atoms with E-state index in [1.165, 1.54) is 5.56 Å². The second-order valence-electron chi connectivity index (χ2n) is 4.04. The van der Waals surface area contributed by atoms with Crippen molar-refractivity contribution in [2.24, 2.45) is 5.92 Å². The van der Waals surface area contributed by atoms with Gasteiger partial charge in [0, 0.05) is 18.3 Å². The van der Waals surface area contributed by atoms with E-state index in [-0.39, 0.29) is 5.92 Å². The summed E-state index contributed by atoms with van der Waals surface area (Å²) in [6.45, 7) is 0. The molecule has 2 heteroatoms. The standard InChI is InChI=1S/C15H14N2/c16-12-14(10-13-6-2-1-3-7-13)11-15-8-4-5-9-17-15/h1-9,14H,10-11H2. The molecule has 0 spiro atoms. The zero-order valence-electron chi connectivity index (χ0n) is 9.58. The van der Waals surface area contributed by atoms with Crippen LogP contribution in [0.2, 0.25) is 0 Å². The Morgan fingerprint density at radius 2 is 1.76 bits per heavy atom. The lowest BCUT2D eigenvalue weighted by atomic mass is 9.96. The number of hydrogen-bond acceptors (Lipinski definition) is 2. The van der Waals surface area contributed by atoms with Crippen molar-refractivity contribution in [3.63, 3.8) is 0 Å². The molecule has 1 aromatic carbocycles. The number of nitrogens with zero attached hydrogens (tertiary/aromatic N) is 2. The van der Waals surface area contributed by atoms with Gasteiger partial charge in [0.1, 0.15) is 0 Å². The van der Waals surface area contributed by atoms with Crippen LogP contribution in [-0.2, 0) is 12.8 Å². The minimum atomic E-state index is -0.00713. The van der Waals surface area contributed by atoms with Gasteiger partial charge in [0.25, 0.3) is 0 Å². The Morgan fingerprint density at radius 3 is 2.41 bits per heavy atom. The van der Waals surface area contributed by atoms with E-state index >= 15 is 0 Å². The number of hydrogen-bond donors (Lipinski definition) is 0. The molecule has 1 unspecified atom stereocenters. The lowest BCUT2D eigenvalue weighted by Gasteiger charge is -2.08. The van der Waals surface area contributed by atoms with Gasteiger partial charge in [-0.25, -0.2) is 0 Å². The fraction of sp³-hybridized carbons (Fsp3) is 0.200. The van der Waals surface area contributed by atoms with Crippen molar-refractivity contribution >= 4 is 0 Å². The van der Waals surface area contributed by atoms with Gasteiger partial charge in [-0.05, 0) is 24.1 Å². The van der Waals surface area contributed by atoms with Crippen LogP contribution in [0.25, 0.3) is 0 Å². The van der Waals surface area contributed by atoms with E-state index in [1.54, 1.807) is 6.20 Å². The van der Waals surface area contributed by atoms with Crippen molar-refractivity contribution in [2.45, 2.75) is 12.8 Å². The Bertz CT molecular complexity index is 444. The first-order valence-corrected chi connectivity index (χ1v) is 5.72. The normalized spacial score (nSPS) is 11.7. The third-order valence-electron chi connectivity index (χ3n) is 2.69. The summed E-state index contributed by atoms with van der Waals surface area (Å²) in [6.07, 6.45) is 3.27. The van der Waals surface area contributed by atoms with Crippen molar-refractivity contribution in [3.8, 4) is 6.07 Å². The maximum Gasteiger partial charge on any atom is 0.0663 e. The average Bonchev–Trinajstić information content (AvgIpc) is 2.40. The molecule has 2 nitrogen and oxygen atoms in total. The lowest BCUT2D eigenvalue weighted by Crippen LogP contribution is -2.06. The molecule has 2 aromatic rings. The predicted octanol–water partition coefficient (Wildman–Crippen LogP) is 3.01. The molecule has 0 aliphatic heterocycles. The zero-order chi connectivity index (χ0) is 11.9. The average molecular weight is 222 g/mol. The number of aromatic nitrogens is 1. The van der Waals surface area contributed by atoms with Gasteiger partial charge in [-0.15, -0.1) is 0 Å². The quantitative estimate of drug-likeness (QED) is 0.797. The Balaban J connectivity index is 2.01. The van der Waals surface area contributed by atoms with E-state index in [2.05, 4.69) is 23.2 Å². The summed E-state index contributed by atoms with van der Waals surface area (Å²) < 4.78 is 0. The summed E-state index contributed by atoms with van der Waals surface area (Å²) in [7, 11) is 0. The van der Waals surface area contributed by atoms with E-state index in [1.807, 2.05) is 36.4 Å². The molecule has 0 bridgehead atoms. The molecule has 2 rings (SSSR count). The van der Waals surface area contributed by atoms with E-state index in [9.17, 15) is 5.26 Å². The molecule has 0 saturated carbocycles. The van der Waals surface area contributed by atoms with Crippen LogP contribution in [-0.4, -0.2) is 4.98 Å². The molecular weight excluding hydrogens is 208 g/mol. The van der Waals surface area contributed by atoms with Crippen molar-refractivity contribution < 1.29 is 0 Å². The van der Waals surface area contributed by atoms with Crippen molar-refractivity contribution in [2.75, 3.05) is 0 Å². The van der Waals surface area contributed by atoms with Gasteiger partial charge in [-0.2, -0.15) is 5.26 Å². The molecule has 1 aromatic heterocycles. The van der Waals surface area contributed by atoms with Gasteiger partial charge < -0.3 is 0 Å². The van der Waals surface area contributed by atoms with Gasteiger partial charge in [-0.3, -0.25) is 4.98 Å². The number of benzene rings is 1. The summed E-state index contributed by atoms with van der Waals surface area (Å²) in [5.74, 6) is -0.00713. The highest BCUT2D eigenvalue weighted by molar-refractivity contribution is 5.17. The number of rotatable bonds is 4. The van der Waals surface area contributed by atoms with Gasteiger partial charge in [0.2, 0.25) is 0 Å². The number of pyridine rings is 1. The van der Waals surface area contributed by atoms with E-state index in [0.29, 0.717) is 6.42 Å². The fourth-order valence-electron chi connectivity index (χ4n) is 1.83. The molecule has 0 aliphatic rings.